The highest BCUT2D eigenvalue weighted by molar-refractivity contribution is 6.34. The molecule has 1 aromatic rings. The van der Waals surface area contributed by atoms with Gasteiger partial charge in [0.2, 0.25) is 17.7 Å². The van der Waals surface area contributed by atoms with E-state index < -0.39 is 12.1 Å². The Kier molecular flexibility index (Phi) is 7.59. The minimum Gasteiger partial charge on any atom is -0.356 e. The molecule has 2 N–H and O–H groups in total. The lowest BCUT2D eigenvalue weighted by molar-refractivity contribution is -0.140. The van der Waals surface area contributed by atoms with Crippen LogP contribution in [0.2, 0.25) is 10.0 Å². The number of aldehydes is 1. The molecule has 3 fully saturated rings. The van der Waals surface area contributed by atoms with Gasteiger partial charge in [0.15, 0.2) is 0 Å². The van der Waals surface area contributed by atoms with Crippen LogP contribution in [0.5, 0.6) is 0 Å². The second kappa shape index (κ2) is 10.4. The number of rotatable bonds is 8. The molecule has 4 rings (SSSR count). The number of aryl methyl sites for hydroxylation is 1. The van der Waals surface area contributed by atoms with Crippen molar-refractivity contribution in [2.24, 2.45) is 17.8 Å². The average molecular weight is 494 g/mol. The van der Waals surface area contributed by atoms with Crippen molar-refractivity contribution in [1.82, 2.24) is 15.5 Å². The van der Waals surface area contributed by atoms with Crippen molar-refractivity contribution in [1.29, 1.82) is 0 Å². The lowest BCUT2D eigenvalue weighted by Crippen LogP contribution is -2.52. The predicted molar refractivity (Wildman–Crippen MR) is 125 cm³/mol. The summed E-state index contributed by atoms with van der Waals surface area (Å²) in [4.78, 5) is 51.7. The van der Waals surface area contributed by atoms with Crippen molar-refractivity contribution in [3.8, 4) is 0 Å². The minimum absolute atomic E-state index is 0.0780. The van der Waals surface area contributed by atoms with Gasteiger partial charge in [-0.15, -0.1) is 0 Å². The minimum atomic E-state index is -0.739. The molecule has 2 saturated heterocycles. The summed E-state index contributed by atoms with van der Waals surface area (Å²) in [5.74, 6) is -0.314. The molecule has 178 valence electrons. The van der Waals surface area contributed by atoms with E-state index in [1.165, 1.54) is 0 Å². The van der Waals surface area contributed by atoms with Gasteiger partial charge in [-0.1, -0.05) is 29.6 Å². The van der Waals surface area contributed by atoms with Crippen LogP contribution in [0.25, 0.3) is 0 Å². The van der Waals surface area contributed by atoms with E-state index in [9.17, 15) is 19.2 Å². The van der Waals surface area contributed by atoms with E-state index in [2.05, 4.69) is 10.6 Å². The summed E-state index contributed by atoms with van der Waals surface area (Å²) in [7, 11) is 0. The zero-order chi connectivity index (χ0) is 23.5. The molecule has 1 saturated carbocycles. The van der Waals surface area contributed by atoms with Crippen molar-refractivity contribution < 1.29 is 19.2 Å². The zero-order valence-electron chi connectivity index (χ0n) is 18.4. The third-order valence-corrected chi connectivity index (χ3v) is 7.66. The van der Waals surface area contributed by atoms with Gasteiger partial charge in [0, 0.05) is 35.5 Å². The summed E-state index contributed by atoms with van der Waals surface area (Å²) in [6.07, 6.45) is 5.30. The average Bonchev–Trinajstić information content (AvgIpc) is 3.47. The monoisotopic (exact) mass is 493 g/mol. The number of halogens is 2. The summed E-state index contributed by atoms with van der Waals surface area (Å²) in [6, 6.07) is 3.91. The Bertz CT molecular complexity index is 920. The van der Waals surface area contributed by atoms with E-state index in [4.69, 9.17) is 23.2 Å². The fraction of sp³-hybridized carbons (Fsp3) is 0.583. The summed E-state index contributed by atoms with van der Waals surface area (Å²) in [5, 5.41) is 6.63. The Hall–Kier alpha value is -2.12. The highest BCUT2D eigenvalue weighted by Crippen LogP contribution is 2.42. The fourth-order valence-electron chi connectivity index (χ4n) is 5.64. The van der Waals surface area contributed by atoms with Gasteiger partial charge in [-0.05, 0) is 67.7 Å². The van der Waals surface area contributed by atoms with Gasteiger partial charge in [-0.25, -0.2) is 0 Å². The van der Waals surface area contributed by atoms with Crippen molar-refractivity contribution in [2.45, 2.75) is 57.0 Å². The van der Waals surface area contributed by atoms with Gasteiger partial charge >= 0.3 is 0 Å². The van der Waals surface area contributed by atoms with Crippen LogP contribution in [0.15, 0.2) is 18.2 Å². The third-order valence-electron chi connectivity index (χ3n) is 7.22. The maximum absolute atomic E-state index is 13.3. The molecular weight excluding hydrogens is 465 g/mol. The number of benzene rings is 1. The van der Waals surface area contributed by atoms with E-state index in [0.29, 0.717) is 48.2 Å². The maximum atomic E-state index is 13.3. The smallest absolute Gasteiger partial charge is 0.243 e. The Morgan fingerprint density at radius 2 is 1.94 bits per heavy atom. The number of carbonyl (C=O) groups is 4. The number of hydrogen-bond acceptors (Lipinski definition) is 4. The van der Waals surface area contributed by atoms with E-state index in [-0.39, 0.29) is 42.4 Å². The fourth-order valence-corrected chi connectivity index (χ4v) is 6.21. The summed E-state index contributed by atoms with van der Waals surface area (Å²) < 4.78 is 0. The van der Waals surface area contributed by atoms with E-state index in [1.807, 2.05) is 0 Å². The van der Waals surface area contributed by atoms with Gasteiger partial charge in [0.25, 0.3) is 0 Å². The molecule has 0 radical (unpaired) electrons. The van der Waals surface area contributed by atoms with Gasteiger partial charge in [-0.3, -0.25) is 14.4 Å². The molecule has 7 nitrogen and oxygen atoms in total. The molecule has 9 heteroatoms. The van der Waals surface area contributed by atoms with Gasteiger partial charge in [0.05, 0.1) is 6.04 Å². The second-order valence-electron chi connectivity index (χ2n) is 9.39. The largest absolute Gasteiger partial charge is 0.356 e. The quantitative estimate of drug-likeness (QED) is 0.544. The number of nitrogens with zero attached hydrogens (tertiary/aromatic N) is 1. The van der Waals surface area contributed by atoms with Crippen LogP contribution in [0.4, 0.5) is 0 Å². The summed E-state index contributed by atoms with van der Waals surface area (Å²) in [5.41, 5.74) is 0.872. The maximum Gasteiger partial charge on any atom is 0.243 e. The topological polar surface area (TPSA) is 95.6 Å². The van der Waals surface area contributed by atoms with Crippen molar-refractivity contribution in [2.75, 3.05) is 13.1 Å². The standard InChI is InChI=1S/C24H29Cl2N3O4/c25-17-8-14(9-18(26)11-17)4-5-21(31)29-12-16-2-1-3-20(16)22(29)24(33)28-19(13-30)10-15-6-7-27-23(15)32/h8-9,11,13,15-16,19-20,22H,1-7,10,12H2,(H,27,32)(H,28,33)/t15-,16-,19-,20+,22?/m0/s1. The number of carbonyl (C=O) groups excluding carboxylic acids is 4. The van der Waals surface area contributed by atoms with Crippen LogP contribution in [-0.2, 0) is 25.6 Å². The van der Waals surface area contributed by atoms with Crippen LogP contribution >= 0.6 is 23.2 Å². The molecular formula is C24H29Cl2N3O4. The molecule has 3 amide bonds. The SMILES string of the molecule is O=C[C@H](C[C@@H]1CCNC1=O)NC(=O)C1[C@@H]2CCC[C@H]2CN1C(=O)CCc1cc(Cl)cc(Cl)c1. The lowest BCUT2D eigenvalue weighted by atomic mass is 9.92. The van der Waals surface area contributed by atoms with Crippen molar-refractivity contribution in [3.63, 3.8) is 0 Å². The number of nitrogens with one attached hydrogen (secondary N) is 2. The first-order chi connectivity index (χ1) is 15.9. The highest BCUT2D eigenvalue weighted by Gasteiger charge is 2.49. The first-order valence-corrected chi connectivity index (χ1v) is 12.4. The predicted octanol–water partition coefficient (Wildman–Crippen LogP) is 2.76. The number of likely N-dealkylation sites (tertiary alicyclic amines) is 1. The van der Waals surface area contributed by atoms with Gasteiger partial charge < -0.3 is 20.3 Å². The lowest BCUT2D eigenvalue weighted by Gasteiger charge is -2.28. The molecule has 0 aromatic heterocycles. The van der Waals surface area contributed by atoms with Crippen LogP contribution < -0.4 is 10.6 Å². The first-order valence-electron chi connectivity index (χ1n) is 11.6. The highest BCUT2D eigenvalue weighted by atomic mass is 35.5. The molecule has 2 heterocycles. The van der Waals surface area contributed by atoms with E-state index in [1.54, 1.807) is 23.1 Å². The molecule has 2 aliphatic heterocycles. The van der Waals surface area contributed by atoms with Crippen LogP contribution in [0.3, 0.4) is 0 Å². The van der Waals surface area contributed by atoms with E-state index >= 15 is 0 Å². The Morgan fingerprint density at radius 1 is 1.18 bits per heavy atom. The first kappa shape index (κ1) is 24.0. The molecule has 1 aromatic carbocycles. The molecule has 5 atom stereocenters. The van der Waals surface area contributed by atoms with E-state index in [0.717, 1.165) is 24.8 Å². The van der Waals surface area contributed by atoms with Crippen LogP contribution in [0.1, 0.15) is 44.1 Å². The number of fused-ring (bicyclic) bond motifs is 1. The Labute approximate surface area is 203 Å². The molecule has 33 heavy (non-hydrogen) atoms. The van der Waals surface area contributed by atoms with Crippen LogP contribution in [-0.4, -0.2) is 54.1 Å². The number of amides is 3. The molecule has 1 aliphatic carbocycles. The molecule has 0 spiro atoms. The zero-order valence-corrected chi connectivity index (χ0v) is 19.9. The van der Waals surface area contributed by atoms with Crippen molar-refractivity contribution in [3.05, 3.63) is 33.8 Å². The normalized spacial score (nSPS) is 27.2. The van der Waals surface area contributed by atoms with Gasteiger partial charge in [0.1, 0.15) is 12.3 Å². The van der Waals surface area contributed by atoms with Crippen LogP contribution in [0, 0.1) is 17.8 Å². The summed E-state index contributed by atoms with van der Waals surface area (Å²) >= 11 is 12.1. The van der Waals surface area contributed by atoms with Gasteiger partial charge in [-0.2, -0.15) is 0 Å². The molecule has 3 aliphatic rings. The summed E-state index contributed by atoms with van der Waals surface area (Å²) in [6.45, 7) is 1.16. The molecule has 0 bridgehead atoms. The Morgan fingerprint density at radius 3 is 2.61 bits per heavy atom. The third kappa shape index (κ3) is 5.52. The molecule has 1 unspecified atom stereocenters. The Balaban J connectivity index is 1.42. The van der Waals surface area contributed by atoms with Crippen molar-refractivity contribution >= 4 is 47.2 Å². The number of hydrogen-bond donors (Lipinski definition) is 2. The second-order valence-corrected chi connectivity index (χ2v) is 10.3.